The fourth-order valence-corrected chi connectivity index (χ4v) is 6.36. The van der Waals surface area contributed by atoms with E-state index in [0.717, 1.165) is 46.8 Å². The smallest absolute Gasteiger partial charge is 0.233 e. The van der Waals surface area contributed by atoms with Crippen LogP contribution in [0.1, 0.15) is 58.5 Å². The van der Waals surface area contributed by atoms with Gasteiger partial charge in [-0.2, -0.15) is 0 Å². The van der Waals surface area contributed by atoms with Crippen molar-refractivity contribution in [2.24, 2.45) is 0 Å². The minimum Gasteiger partial charge on any atom is -0.464 e. The number of carbonyl (C=O) groups excluding carboxylic acids is 1. The Balaban J connectivity index is 1.41. The van der Waals surface area contributed by atoms with E-state index in [-0.39, 0.29) is 23.5 Å². The molecule has 3 heterocycles. The maximum Gasteiger partial charge on any atom is 0.233 e. The summed E-state index contributed by atoms with van der Waals surface area (Å²) in [6, 6.07) is 13.6. The summed E-state index contributed by atoms with van der Waals surface area (Å²) < 4.78 is 29.6. The van der Waals surface area contributed by atoms with Gasteiger partial charge in [-0.1, -0.05) is 23.8 Å². The molecule has 1 saturated carbocycles. The average molecular weight is 508 g/mol. The molecule has 1 unspecified atom stereocenters. The molecule has 7 nitrogen and oxygen atoms in total. The van der Waals surface area contributed by atoms with E-state index >= 15 is 0 Å². The minimum atomic E-state index is -2.95. The number of sulfone groups is 1. The molecule has 190 valence electrons. The molecule has 1 aliphatic heterocycles. The van der Waals surface area contributed by atoms with Crippen molar-refractivity contribution in [1.29, 1.82) is 0 Å². The summed E-state index contributed by atoms with van der Waals surface area (Å²) in [6.07, 6.45) is 1.48. The van der Waals surface area contributed by atoms with Crippen molar-refractivity contribution in [1.82, 2.24) is 10.3 Å². The second kappa shape index (κ2) is 9.07. The number of hydrogen-bond acceptors (Lipinski definition) is 6. The average Bonchev–Trinajstić information content (AvgIpc) is 3.53. The Bertz CT molecular complexity index is 1410. The lowest BCUT2D eigenvalue weighted by molar-refractivity contribution is -0.124. The van der Waals surface area contributed by atoms with Crippen LogP contribution in [0.25, 0.3) is 0 Å². The Labute approximate surface area is 212 Å². The van der Waals surface area contributed by atoms with Crippen molar-refractivity contribution in [3.63, 3.8) is 0 Å². The van der Waals surface area contributed by atoms with Crippen LogP contribution < -0.4 is 10.2 Å². The molecule has 1 aromatic carbocycles. The molecule has 5 rings (SSSR count). The molecule has 1 saturated heterocycles. The van der Waals surface area contributed by atoms with Gasteiger partial charge in [0.15, 0.2) is 9.84 Å². The maximum absolute atomic E-state index is 13.8. The van der Waals surface area contributed by atoms with Crippen molar-refractivity contribution < 1.29 is 17.6 Å². The van der Waals surface area contributed by atoms with E-state index in [9.17, 15) is 13.2 Å². The van der Waals surface area contributed by atoms with Gasteiger partial charge >= 0.3 is 0 Å². The Morgan fingerprint density at radius 1 is 1.03 bits per heavy atom. The summed E-state index contributed by atoms with van der Waals surface area (Å²) >= 11 is 0. The lowest BCUT2D eigenvalue weighted by Gasteiger charge is -2.30. The van der Waals surface area contributed by atoms with Crippen molar-refractivity contribution in [2.75, 3.05) is 29.5 Å². The zero-order valence-corrected chi connectivity index (χ0v) is 22.1. The van der Waals surface area contributed by atoms with E-state index in [2.05, 4.69) is 42.3 Å². The van der Waals surface area contributed by atoms with Gasteiger partial charge in [-0.3, -0.25) is 9.78 Å². The van der Waals surface area contributed by atoms with Crippen LogP contribution in [0.2, 0.25) is 0 Å². The third-order valence-electron chi connectivity index (χ3n) is 7.48. The highest BCUT2D eigenvalue weighted by molar-refractivity contribution is 7.91. The van der Waals surface area contributed by atoms with E-state index in [4.69, 9.17) is 9.40 Å². The van der Waals surface area contributed by atoms with Crippen LogP contribution in [-0.4, -0.2) is 43.9 Å². The molecule has 2 fully saturated rings. The molecule has 8 heteroatoms. The fourth-order valence-electron chi connectivity index (χ4n) is 5.16. The molecular weight excluding hydrogens is 474 g/mol. The predicted molar refractivity (Wildman–Crippen MR) is 140 cm³/mol. The van der Waals surface area contributed by atoms with Gasteiger partial charge in [0, 0.05) is 13.1 Å². The van der Waals surface area contributed by atoms with Crippen molar-refractivity contribution in [2.45, 2.75) is 52.0 Å². The Hall–Kier alpha value is -3.13. The number of carbonyl (C=O) groups is 1. The van der Waals surface area contributed by atoms with Gasteiger partial charge in [-0.05, 0) is 75.9 Å². The molecule has 1 N–H and O–H groups in total. The molecular formula is C28H33N3O4S. The SMILES string of the molecule is Cc1ccc(C(NC(=O)C2(c3ccc(N4CCS(=O)(=O)CC4)c(C)n3)CC2)c2ccc(C)o2)c(C)c1. The van der Waals surface area contributed by atoms with Gasteiger partial charge < -0.3 is 14.6 Å². The Morgan fingerprint density at radius 2 is 1.75 bits per heavy atom. The number of aromatic nitrogens is 1. The summed E-state index contributed by atoms with van der Waals surface area (Å²) in [7, 11) is -2.95. The highest BCUT2D eigenvalue weighted by atomic mass is 32.2. The molecule has 0 radical (unpaired) electrons. The highest BCUT2D eigenvalue weighted by Gasteiger charge is 2.53. The lowest BCUT2D eigenvalue weighted by atomic mass is 9.95. The number of aryl methyl sites for hydroxylation is 4. The van der Waals surface area contributed by atoms with Crippen LogP contribution in [0.3, 0.4) is 0 Å². The number of nitrogens with zero attached hydrogens (tertiary/aromatic N) is 2. The van der Waals surface area contributed by atoms with Gasteiger partial charge in [-0.25, -0.2) is 8.42 Å². The second-order valence-corrected chi connectivity index (χ2v) is 12.5. The third-order valence-corrected chi connectivity index (χ3v) is 9.08. The number of hydrogen-bond donors (Lipinski definition) is 1. The van der Waals surface area contributed by atoms with Gasteiger partial charge in [0.2, 0.25) is 5.91 Å². The maximum atomic E-state index is 13.8. The number of amides is 1. The molecule has 0 bridgehead atoms. The molecule has 1 amide bonds. The molecule has 3 aromatic rings. The predicted octanol–water partition coefficient (Wildman–Crippen LogP) is 4.08. The van der Waals surface area contributed by atoms with E-state index in [0.29, 0.717) is 18.8 Å². The number of benzene rings is 1. The quantitative estimate of drug-likeness (QED) is 0.541. The van der Waals surface area contributed by atoms with Crippen molar-refractivity contribution in [3.8, 4) is 0 Å². The number of anilines is 1. The topological polar surface area (TPSA) is 92.5 Å². The van der Waals surface area contributed by atoms with Crippen LogP contribution in [0.15, 0.2) is 46.9 Å². The van der Waals surface area contributed by atoms with E-state index in [1.54, 1.807) is 0 Å². The number of rotatable bonds is 6. The summed E-state index contributed by atoms with van der Waals surface area (Å²) in [4.78, 5) is 20.7. The molecule has 2 aliphatic rings. The zero-order valence-electron chi connectivity index (χ0n) is 21.3. The number of furan rings is 1. The van der Waals surface area contributed by atoms with Crippen LogP contribution in [0, 0.1) is 27.7 Å². The Kier molecular flexibility index (Phi) is 6.19. The first kappa shape index (κ1) is 24.6. The number of pyridine rings is 1. The molecule has 1 atom stereocenters. The first-order valence-electron chi connectivity index (χ1n) is 12.5. The van der Waals surface area contributed by atoms with Gasteiger partial charge in [-0.15, -0.1) is 0 Å². The van der Waals surface area contributed by atoms with E-state index in [1.807, 2.05) is 38.1 Å². The van der Waals surface area contributed by atoms with Crippen LogP contribution >= 0.6 is 0 Å². The standard InChI is InChI=1S/C28H33N3O4S/c1-18-5-7-22(19(2)17-18)26(24-9-6-20(3)35-24)30-27(32)28(11-12-28)25-10-8-23(21(4)29-25)31-13-15-36(33,34)16-14-31/h5-10,17,26H,11-16H2,1-4H3,(H,30,32). The minimum absolute atomic E-state index is 0.0507. The first-order chi connectivity index (χ1) is 17.1. The van der Waals surface area contributed by atoms with Gasteiger partial charge in [0.05, 0.1) is 34.0 Å². The molecule has 2 aromatic heterocycles. The normalized spacial score (nSPS) is 19.1. The van der Waals surface area contributed by atoms with Gasteiger partial charge in [0.1, 0.15) is 17.6 Å². The van der Waals surface area contributed by atoms with Crippen LogP contribution in [0.5, 0.6) is 0 Å². The van der Waals surface area contributed by atoms with Crippen LogP contribution in [-0.2, 0) is 20.0 Å². The summed E-state index contributed by atoms with van der Waals surface area (Å²) in [6.45, 7) is 8.88. The lowest BCUT2D eigenvalue weighted by Crippen LogP contribution is -2.41. The summed E-state index contributed by atoms with van der Waals surface area (Å²) in [5.41, 5.74) is 5.14. The van der Waals surface area contributed by atoms with Crippen molar-refractivity contribution in [3.05, 3.63) is 82.1 Å². The molecule has 36 heavy (non-hydrogen) atoms. The van der Waals surface area contributed by atoms with Gasteiger partial charge in [0.25, 0.3) is 0 Å². The monoisotopic (exact) mass is 507 g/mol. The summed E-state index contributed by atoms with van der Waals surface area (Å²) in [5.74, 6) is 1.78. The molecule has 0 spiro atoms. The third kappa shape index (κ3) is 4.66. The fraction of sp³-hybridized carbons (Fsp3) is 0.429. The van der Waals surface area contributed by atoms with Crippen molar-refractivity contribution >= 4 is 21.4 Å². The largest absolute Gasteiger partial charge is 0.464 e. The number of nitrogens with one attached hydrogen (secondary N) is 1. The van der Waals surface area contributed by atoms with E-state index in [1.165, 1.54) is 5.56 Å². The zero-order chi connectivity index (χ0) is 25.7. The Morgan fingerprint density at radius 3 is 2.33 bits per heavy atom. The second-order valence-electron chi connectivity index (χ2n) is 10.2. The molecule has 1 aliphatic carbocycles. The van der Waals surface area contributed by atoms with Crippen LogP contribution in [0.4, 0.5) is 5.69 Å². The van der Waals surface area contributed by atoms with E-state index < -0.39 is 15.3 Å². The highest BCUT2D eigenvalue weighted by Crippen LogP contribution is 2.48. The summed E-state index contributed by atoms with van der Waals surface area (Å²) in [5, 5.41) is 3.28. The first-order valence-corrected chi connectivity index (χ1v) is 14.3.